The normalized spacial score (nSPS) is 16.6. The van der Waals surface area contributed by atoms with Crippen molar-refractivity contribution in [2.75, 3.05) is 6.54 Å². The first kappa shape index (κ1) is 18.8. The second-order valence-corrected chi connectivity index (χ2v) is 6.15. The summed E-state index contributed by atoms with van der Waals surface area (Å²) in [7, 11) is 0. The summed E-state index contributed by atoms with van der Waals surface area (Å²) in [6.07, 6.45) is -4.35. The smallest absolute Gasteiger partial charge is 0.479 e. The van der Waals surface area contributed by atoms with E-state index in [1.54, 1.807) is 12.1 Å². The number of carboxylic acid groups (broad SMARTS) is 1. The molecule has 0 bridgehead atoms. The molecule has 1 aliphatic heterocycles. The molecule has 0 saturated carbocycles. The van der Waals surface area contributed by atoms with E-state index in [2.05, 4.69) is 4.74 Å². The van der Waals surface area contributed by atoms with Crippen molar-refractivity contribution < 1.29 is 32.6 Å². The highest BCUT2D eigenvalue weighted by Gasteiger charge is 2.35. The molecule has 2 aromatic rings. The van der Waals surface area contributed by atoms with E-state index in [0.717, 1.165) is 17.7 Å². The van der Waals surface area contributed by atoms with Gasteiger partial charge in [-0.05, 0) is 35.2 Å². The molecule has 2 aromatic carbocycles. The molecule has 0 radical (unpaired) electrons. The first-order chi connectivity index (χ1) is 12.7. The summed E-state index contributed by atoms with van der Waals surface area (Å²) in [5.74, 6) is -1.90. The minimum Gasteiger partial charge on any atom is -0.479 e. The molecular formula is C19H16F3NO4. The minimum atomic E-state index is -4.78. The van der Waals surface area contributed by atoms with Gasteiger partial charge in [0.25, 0.3) is 0 Å². The van der Waals surface area contributed by atoms with Crippen molar-refractivity contribution in [2.24, 2.45) is 0 Å². The second-order valence-electron chi connectivity index (χ2n) is 6.15. The molecule has 1 unspecified atom stereocenters. The van der Waals surface area contributed by atoms with E-state index in [1.807, 2.05) is 12.1 Å². The van der Waals surface area contributed by atoms with E-state index in [4.69, 9.17) is 0 Å². The van der Waals surface area contributed by atoms with Crippen LogP contribution in [0, 0.1) is 0 Å². The van der Waals surface area contributed by atoms with Gasteiger partial charge in [0.1, 0.15) is 5.75 Å². The fourth-order valence-electron chi connectivity index (χ4n) is 3.19. The average Bonchev–Trinajstić information content (AvgIpc) is 2.61. The lowest BCUT2D eigenvalue weighted by Crippen LogP contribution is -2.44. The molecule has 0 aromatic heterocycles. The number of amides is 1. The molecule has 3 rings (SSSR count). The number of ether oxygens (including phenoxy) is 1. The highest BCUT2D eigenvalue weighted by molar-refractivity contribution is 5.86. The van der Waals surface area contributed by atoms with Gasteiger partial charge in [0.2, 0.25) is 5.91 Å². The predicted molar refractivity (Wildman–Crippen MR) is 89.1 cm³/mol. The van der Waals surface area contributed by atoms with Crippen LogP contribution in [0.15, 0.2) is 48.5 Å². The third-order valence-corrected chi connectivity index (χ3v) is 4.35. The Bertz CT molecular complexity index is 849. The first-order valence-electron chi connectivity index (χ1n) is 8.19. The molecule has 1 aliphatic rings. The fourth-order valence-corrected chi connectivity index (χ4v) is 3.19. The van der Waals surface area contributed by atoms with Crippen molar-refractivity contribution in [3.8, 4) is 5.75 Å². The topological polar surface area (TPSA) is 66.8 Å². The number of hydrogen-bond acceptors (Lipinski definition) is 3. The zero-order chi connectivity index (χ0) is 19.6. The maximum Gasteiger partial charge on any atom is 0.573 e. The van der Waals surface area contributed by atoms with E-state index in [1.165, 1.54) is 17.0 Å². The van der Waals surface area contributed by atoms with Crippen LogP contribution in [-0.2, 0) is 22.4 Å². The molecule has 1 atom stereocenters. The summed E-state index contributed by atoms with van der Waals surface area (Å²) in [6, 6.07) is 11.0. The Hall–Kier alpha value is -3.03. The maximum atomic E-state index is 12.7. The summed E-state index contributed by atoms with van der Waals surface area (Å²) in [5, 5.41) is 9.60. The first-order valence-corrected chi connectivity index (χ1v) is 8.19. The molecule has 0 saturated heterocycles. The largest absolute Gasteiger partial charge is 0.573 e. The number of rotatable bonds is 4. The zero-order valence-electron chi connectivity index (χ0n) is 14.1. The summed E-state index contributed by atoms with van der Waals surface area (Å²) in [5.41, 5.74) is 1.94. The van der Waals surface area contributed by atoms with Gasteiger partial charge in [-0.25, -0.2) is 4.79 Å². The van der Waals surface area contributed by atoms with E-state index >= 15 is 0 Å². The number of halogens is 3. The molecule has 1 N–H and O–H groups in total. The van der Waals surface area contributed by atoms with Crippen LogP contribution in [0.2, 0.25) is 0 Å². The van der Waals surface area contributed by atoms with Crippen LogP contribution in [0.4, 0.5) is 13.2 Å². The molecule has 0 fully saturated rings. The van der Waals surface area contributed by atoms with Gasteiger partial charge in [0.15, 0.2) is 6.04 Å². The van der Waals surface area contributed by atoms with Gasteiger partial charge >= 0.3 is 12.3 Å². The minimum absolute atomic E-state index is 0.113. The lowest BCUT2D eigenvalue weighted by atomic mass is 9.92. The summed E-state index contributed by atoms with van der Waals surface area (Å²) in [6.45, 7) is 0.266. The number of carbonyl (C=O) groups excluding carboxylic acids is 1. The molecule has 8 heteroatoms. The van der Waals surface area contributed by atoms with Crippen LogP contribution in [0.3, 0.4) is 0 Å². The number of fused-ring (bicyclic) bond motifs is 1. The van der Waals surface area contributed by atoms with Crippen LogP contribution in [0.5, 0.6) is 5.75 Å². The monoisotopic (exact) mass is 379 g/mol. The number of carbonyl (C=O) groups is 2. The Morgan fingerprint density at radius 3 is 2.41 bits per heavy atom. The Balaban J connectivity index is 1.75. The van der Waals surface area contributed by atoms with Gasteiger partial charge < -0.3 is 14.7 Å². The highest BCUT2D eigenvalue weighted by atomic mass is 19.4. The number of nitrogens with zero attached hydrogens (tertiary/aromatic N) is 1. The lowest BCUT2D eigenvalue weighted by molar-refractivity contribution is -0.274. The van der Waals surface area contributed by atoms with Crippen LogP contribution in [0.25, 0.3) is 0 Å². The van der Waals surface area contributed by atoms with Gasteiger partial charge in [-0.3, -0.25) is 4.79 Å². The average molecular weight is 379 g/mol. The number of hydrogen-bond donors (Lipinski definition) is 1. The highest BCUT2D eigenvalue weighted by Crippen LogP contribution is 2.30. The van der Waals surface area contributed by atoms with Crippen LogP contribution in [0.1, 0.15) is 22.7 Å². The van der Waals surface area contributed by atoms with Crippen molar-refractivity contribution >= 4 is 11.9 Å². The molecule has 0 spiro atoms. The molecule has 5 nitrogen and oxygen atoms in total. The number of benzene rings is 2. The van der Waals surface area contributed by atoms with Crippen molar-refractivity contribution in [1.29, 1.82) is 0 Å². The van der Waals surface area contributed by atoms with Crippen LogP contribution in [-0.4, -0.2) is 34.8 Å². The number of alkyl halides is 3. The third kappa shape index (κ3) is 4.39. The third-order valence-electron chi connectivity index (χ3n) is 4.35. The molecule has 27 heavy (non-hydrogen) atoms. The Morgan fingerprint density at radius 2 is 1.78 bits per heavy atom. The summed E-state index contributed by atoms with van der Waals surface area (Å²) >= 11 is 0. The van der Waals surface area contributed by atoms with Crippen LogP contribution >= 0.6 is 0 Å². The Morgan fingerprint density at radius 1 is 1.11 bits per heavy atom. The van der Waals surface area contributed by atoms with Crippen LogP contribution < -0.4 is 4.74 Å². The maximum absolute atomic E-state index is 12.7. The quantitative estimate of drug-likeness (QED) is 0.885. The van der Waals surface area contributed by atoms with Crippen molar-refractivity contribution in [2.45, 2.75) is 25.2 Å². The number of carboxylic acids is 1. The second kappa shape index (κ2) is 7.30. The van der Waals surface area contributed by atoms with E-state index in [-0.39, 0.29) is 18.7 Å². The molecular weight excluding hydrogens is 363 g/mol. The van der Waals surface area contributed by atoms with Crippen molar-refractivity contribution in [1.82, 2.24) is 4.90 Å². The van der Waals surface area contributed by atoms with E-state index in [9.17, 15) is 27.9 Å². The van der Waals surface area contributed by atoms with Gasteiger partial charge in [-0.1, -0.05) is 36.4 Å². The van der Waals surface area contributed by atoms with Gasteiger partial charge in [-0.15, -0.1) is 13.2 Å². The predicted octanol–water partition coefficient (Wildman–Crippen LogP) is 3.34. The van der Waals surface area contributed by atoms with Crippen molar-refractivity contribution in [3.05, 3.63) is 65.2 Å². The Kier molecular flexibility index (Phi) is 5.07. The van der Waals surface area contributed by atoms with Gasteiger partial charge in [0, 0.05) is 6.54 Å². The number of aliphatic carboxylic acids is 1. The summed E-state index contributed by atoms with van der Waals surface area (Å²) in [4.78, 5) is 25.7. The molecule has 142 valence electrons. The standard InChI is InChI=1S/C19H16F3NO4/c20-19(21,22)27-14-7-5-12(6-8-14)11-16(24)23-10-9-13-3-1-2-4-15(13)17(23)18(25)26/h1-8,17H,9-11H2,(H,25,26). The SMILES string of the molecule is O=C(O)C1c2ccccc2CCN1C(=O)Cc1ccc(OC(F)(F)F)cc1. The van der Waals surface area contributed by atoms with E-state index in [0.29, 0.717) is 17.5 Å². The van der Waals surface area contributed by atoms with Crippen molar-refractivity contribution in [3.63, 3.8) is 0 Å². The van der Waals surface area contributed by atoms with Gasteiger partial charge in [-0.2, -0.15) is 0 Å². The summed E-state index contributed by atoms with van der Waals surface area (Å²) < 4.78 is 40.4. The fraction of sp³-hybridized carbons (Fsp3) is 0.263. The molecule has 1 heterocycles. The van der Waals surface area contributed by atoms with Gasteiger partial charge in [0.05, 0.1) is 6.42 Å². The Labute approximate surface area is 153 Å². The van der Waals surface area contributed by atoms with E-state index < -0.39 is 24.3 Å². The lowest BCUT2D eigenvalue weighted by Gasteiger charge is -2.34. The zero-order valence-corrected chi connectivity index (χ0v) is 14.1. The molecule has 0 aliphatic carbocycles. The molecule has 1 amide bonds.